The van der Waals surface area contributed by atoms with Crippen molar-refractivity contribution in [2.75, 3.05) is 6.61 Å². The smallest absolute Gasteiger partial charge is 0.398 e. The molecule has 0 fully saturated rings. The molecular formula is C9H10O3P. The van der Waals surface area contributed by atoms with Crippen LogP contribution in [-0.2, 0) is 9.09 Å². The van der Waals surface area contributed by atoms with Crippen molar-refractivity contribution in [3.05, 3.63) is 43.0 Å². The first-order valence-electron chi connectivity index (χ1n) is 3.77. The van der Waals surface area contributed by atoms with Gasteiger partial charge in [-0.1, -0.05) is 24.3 Å². The quantitative estimate of drug-likeness (QED) is 0.537. The number of hydrogen-bond donors (Lipinski definition) is 0. The Balaban J connectivity index is 2.41. The van der Waals surface area contributed by atoms with Crippen molar-refractivity contribution >= 4 is 8.25 Å². The van der Waals surface area contributed by atoms with Crippen LogP contribution in [-0.4, -0.2) is 6.61 Å². The molecule has 13 heavy (non-hydrogen) atoms. The zero-order valence-electron chi connectivity index (χ0n) is 7.05. The summed E-state index contributed by atoms with van der Waals surface area (Å²) < 4.78 is 20.7. The van der Waals surface area contributed by atoms with E-state index in [0.29, 0.717) is 5.75 Å². The van der Waals surface area contributed by atoms with Crippen LogP contribution in [0.15, 0.2) is 43.0 Å². The third-order valence-electron chi connectivity index (χ3n) is 1.22. The van der Waals surface area contributed by atoms with Crippen LogP contribution in [0, 0.1) is 0 Å². The summed E-state index contributed by atoms with van der Waals surface area (Å²) in [6.45, 7) is 3.65. The van der Waals surface area contributed by atoms with Crippen LogP contribution in [0.2, 0.25) is 0 Å². The summed E-state index contributed by atoms with van der Waals surface area (Å²) in [7, 11) is -2.08. The van der Waals surface area contributed by atoms with Gasteiger partial charge in [0, 0.05) is 0 Å². The third-order valence-corrected chi connectivity index (χ3v) is 1.94. The SMILES string of the molecule is C=CCO[P](=O)Oc1ccccc1. The summed E-state index contributed by atoms with van der Waals surface area (Å²) in [5, 5.41) is 0. The fourth-order valence-corrected chi connectivity index (χ4v) is 1.28. The summed E-state index contributed by atoms with van der Waals surface area (Å²) in [5.74, 6) is 0.535. The van der Waals surface area contributed by atoms with E-state index in [1.54, 1.807) is 24.3 Å². The second-order valence-corrected chi connectivity index (χ2v) is 3.10. The molecule has 1 aromatic carbocycles. The van der Waals surface area contributed by atoms with Gasteiger partial charge in [0.05, 0.1) is 6.61 Å². The van der Waals surface area contributed by atoms with Gasteiger partial charge in [-0.05, 0) is 12.1 Å². The lowest BCUT2D eigenvalue weighted by Crippen LogP contribution is -1.86. The van der Waals surface area contributed by atoms with Crippen molar-refractivity contribution < 1.29 is 13.6 Å². The number of para-hydroxylation sites is 1. The van der Waals surface area contributed by atoms with Crippen LogP contribution in [0.5, 0.6) is 5.75 Å². The molecule has 0 N–H and O–H groups in total. The molecular weight excluding hydrogens is 187 g/mol. The minimum atomic E-state index is -2.08. The van der Waals surface area contributed by atoms with E-state index < -0.39 is 8.25 Å². The van der Waals surface area contributed by atoms with E-state index in [1.807, 2.05) is 6.07 Å². The number of hydrogen-bond acceptors (Lipinski definition) is 3. The molecule has 0 saturated heterocycles. The fourth-order valence-electron chi connectivity index (χ4n) is 0.707. The lowest BCUT2D eigenvalue weighted by atomic mass is 10.3. The molecule has 1 radical (unpaired) electrons. The molecule has 3 nitrogen and oxygen atoms in total. The normalized spacial score (nSPS) is 10.6. The maximum Gasteiger partial charge on any atom is 0.429 e. The Morgan fingerprint density at radius 1 is 1.38 bits per heavy atom. The average Bonchev–Trinajstić information content (AvgIpc) is 2.16. The van der Waals surface area contributed by atoms with Gasteiger partial charge >= 0.3 is 8.25 Å². The van der Waals surface area contributed by atoms with Crippen molar-refractivity contribution in [1.29, 1.82) is 0 Å². The molecule has 0 amide bonds. The van der Waals surface area contributed by atoms with Crippen LogP contribution >= 0.6 is 8.25 Å². The van der Waals surface area contributed by atoms with Gasteiger partial charge in [-0.2, -0.15) is 0 Å². The van der Waals surface area contributed by atoms with Crippen LogP contribution in [0.4, 0.5) is 0 Å². The largest absolute Gasteiger partial charge is 0.429 e. The Labute approximate surface area is 77.9 Å². The molecule has 0 aliphatic rings. The maximum absolute atomic E-state index is 11.0. The molecule has 0 saturated carbocycles. The summed E-state index contributed by atoms with van der Waals surface area (Å²) >= 11 is 0. The summed E-state index contributed by atoms with van der Waals surface area (Å²) in [6, 6.07) is 8.87. The van der Waals surface area contributed by atoms with Gasteiger partial charge in [0.1, 0.15) is 5.75 Å². The van der Waals surface area contributed by atoms with E-state index >= 15 is 0 Å². The van der Waals surface area contributed by atoms with Crippen molar-refractivity contribution in [1.82, 2.24) is 0 Å². The van der Waals surface area contributed by atoms with E-state index in [4.69, 9.17) is 9.05 Å². The number of rotatable bonds is 5. The van der Waals surface area contributed by atoms with Crippen LogP contribution in [0.3, 0.4) is 0 Å². The monoisotopic (exact) mass is 197 g/mol. The highest BCUT2D eigenvalue weighted by Crippen LogP contribution is 2.27. The molecule has 1 unspecified atom stereocenters. The number of benzene rings is 1. The topological polar surface area (TPSA) is 35.5 Å². The molecule has 0 aromatic heterocycles. The minimum absolute atomic E-state index is 0.224. The highest BCUT2D eigenvalue weighted by Gasteiger charge is 2.01. The van der Waals surface area contributed by atoms with Crippen molar-refractivity contribution in [2.45, 2.75) is 0 Å². The van der Waals surface area contributed by atoms with Gasteiger partial charge in [0.2, 0.25) is 0 Å². The van der Waals surface area contributed by atoms with Gasteiger partial charge in [-0.15, -0.1) is 6.58 Å². The lowest BCUT2D eigenvalue weighted by molar-refractivity contribution is 0.317. The van der Waals surface area contributed by atoms with E-state index in [-0.39, 0.29) is 6.61 Å². The first-order chi connectivity index (χ1) is 6.33. The van der Waals surface area contributed by atoms with Crippen molar-refractivity contribution in [3.63, 3.8) is 0 Å². The van der Waals surface area contributed by atoms with Crippen LogP contribution in [0.25, 0.3) is 0 Å². The average molecular weight is 197 g/mol. The highest BCUT2D eigenvalue weighted by atomic mass is 31.1. The Morgan fingerprint density at radius 3 is 2.69 bits per heavy atom. The Morgan fingerprint density at radius 2 is 2.08 bits per heavy atom. The van der Waals surface area contributed by atoms with Gasteiger partial charge in [-0.25, -0.2) is 4.57 Å². The molecule has 69 valence electrons. The Bertz CT molecular complexity index is 284. The fraction of sp³-hybridized carbons (Fsp3) is 0.111. The minimum Gasteiger partial charge on any atom is -0.398 e. The molecule has 0 aliphatic heterocycles. The third kappa shape index (κ3) is 3.83. The molecule has 0 aliphatic carbocycles. The molecule has 0 heterocycles. The van der Waals surface area contributed by atoms with Crippen molar-refractivity contribution in [2.24, 2.45) is 0 Å². The Hall–Kier alpha value is -1.18. The maximum atomic E-state index is 11.0. The van der Waals surface area contributed by atoms with Gasteiger partial charge in [0.25, 0.3) is 0 Å². The lowest BCUT2D eigenvalue weighted by Gasteiger charge is -2.01. The van der Waals surface area contributed by atoms with E-state index in [2.05, 4.69) is 6.58 Å². The zero-order valence-corrected chi connectivity index (χ0v) is 7.94. The molecule has 1 aromatic rings. The van der Waals surface area contributed by atoms with E-state index in [1.165, 1.54) is 6.08 Å². The second kappa shape index (κ2) is 5.46. The Kier molecular flexibility index (Phi) is 4.16. The summed E-state index contributed by atoms with van der Waals surface area (Å²) in [6.07, 6.45) is 1.52. The highest BCUT2D eigenvalue weighted by molar-refractivity contribution is 7.33. The molecule has 4 heteroatoms. The second-order valence-electron chi connectivity index (χ2n) is 2.21. The van der Waals surface area contributed by atoms with Gasteiger partial charge in [-0.3, -0.25) is 4.52 Å². The predicted octanol–water partition coefficient (Wildman–Crippen LogP) is 2.93. The van der Waals surface area contributed by atoms with E-state index in [9.17, 15) is 4.57 Å². The summed E-state index contributed by atoms with van der Waals surface area (Å²) in [5.41, 5.74) is 0. The van der Waals surface area contributed by atoms with E-state index in [0.717, 1.165) is 0 Å². The first-order valence-corrected chi connectivity index (χ1v) is 4.86. The van der Waals surface area contributed by atoms with Crippen molar-refractivity contribution in [3.8, 4) is 5.75 Å². The van der Waals surface area contributed by atoms with Crippen LogP contribution in [0.1, 0.15) is 0 Å². The molecule has 0 spiro atoms. The van der Waals surface area contributed by atoms with Gasteiger partial charge in [0.15, 0.2) is 0 Å². The molecule has 1 rings (SSSR count). The zero-order chi connectivity index (χ0) is 9.52. The van der Waals surface area contributed by atoms with Crippen LogP contribution < -0.4 is 4.52 Å². The predicted molar refractivity (Wildman–Crippen MR) is 50.8 cm³/mol. The standard InChI is InChI=1S/C9H10O3P/c1-2-8-11-13(10)12-9-6-4-3-5-7-9/h2-7H,1,8H2. The van der Waals surface area contributed by atoms with Gasteiger partial charge < -0.3 is 4.52 Å². The summed E-state index contributed by atoms with van der Waals surface area (Å²) in [4.78, 5) is 0. The molecule has 1 atom stereocenters. The first kappa shape index (κ1) is 9.90. The molecule has 0 bridgehead atoms.